The first-order chi connectivity index (χ1) is 20.5. The fourth-order valence-electron chi connectivity index (χ4n) is 4.33. The number of ether oxygens (including phenoxy) is 2. The fraction of sp³-hybridized carbons (Fsp3) is 0.267. The number of carbonyl (C=O) groups excluding carboxylic acids is 1. The summed E-state index contributed by atoms with van der Waals surface area (Å²) in [6.45, 7) is 3.55. The third-order valence-corrected chi connectivity index (χ3v) is 6.72. The van der Waals surface area contributed by atoms with E-state index < -0.39 is 11.4 Å². The van der Waals surface area contributed by atoms with Crippen molar-refractivity contribution in [2.24, 2.45) is 5.73 Å². The highest BCUT2D eigenvalue weighted by molar-refractivity contribution is 6.35. The molecule has 0 atom stereocenters. The number of halogens is 1. The summed E-state index contributed by atoms with van der Waals surface area (Å²) in [4.78, 5) is 40.0. The van der Waals surface area contributed by atoms with E-state index in [2.05, 4.69) is 25.6 Å². The van der Waals surface area contributed by atoms with Crippen LogP contribution in [0.2, 0.25) is 5.02 Å². The average molecular weight is 603 g/mol. The van der Waals surface area contributed by atoms with Crippen molar-refractivity contribution >= 4 is 40.3 Å². The lowest BCUT2D eigenvalue weighted by Gasteiger charge is -2.16. The number of aromatic nitrogens is 4. The van der Waals surface area contributed by atoms with Crippen molar-refractivity contribution in [2.45, 2.75) is 32.4 Å². The SMILES string of the molecule is CNc1ncc2cc(-c3cc(OC)cc(OC)c3Cl)c(=O)n(CCc3cccc(NC(=O)/C(C#N)=C/C(C)(C)N)n3)c2n1. The van der Waals surface area contributed by atoms with Crippen LogP contribution in [-0.2, 0) is 17.8 Å². The predicted molar refractivity (Wildman–Crippen MR) is 165 cm³/mol. The second kappa shape index (κ2) is 12.9. The van der Waals surface area contributed by atoms with E-state index in [9.17, 15) is 14.9 Å². The lowest BCUT2D eigenvalue weighted by atomic mass is 10.0. The highest BCUT2D eigenvalue weighted by atomic mass is 35.5. The van der Waals surface area contributed by atoms with Crippen LogP contribution in [0, 0.1) is 11.3 Å². The summed E-state index contributed by atoms with van der Waals surface area (Å²) in [7, 11) is 4.68. The molecule has 0 aliphatic rings. The van der Waals surface area contributed by atoms with Crippen molar-refractivity contribution in [3.63, 3.8) is 0 Å². The molecule has 0 fully saturated rings. The van der Waals surface area contributed by atoms with E-state index in [1.165, 1.54) is 24.9 Å². The second-order valence-electron chi connectivity index (χ2n) is 10.1. The first kappa shape index (κ1) is 31.0. The third kappa shape index (κ3) is 7.09. The third-order valence-electron chi connectivity index (χ3n) is 6.33. The van der Waals surface area contributed by atoms with Gasteiger partial charge in [0.1, 0.15) is 34.6 Å². The molecule has 13 heteroatoms. The van der Waals surface area contributed by atoms with E-state index in [4.69, 9.17) is 26.8 Å². The molecule has 222 valence electrons. The number of nitrogens with one attached hydrogen (secondary N) is 2. The van der Waals surface area contributed by atoms with Crippen LogP contribution in [0.25, 0.3) is 22.2 Å². The van der Waals surface area contributed by atoms with E-state index in [-0.39, 0.29) is 28.5 Å². The van der Waals surface area contributed by atoms with Gasteiger partial charge >= 0.3 is 0 Å². The van der Waals surface area contributed by atoms with Crippen LogP contribution in [0.3, 0.4) is 0 Å². The minimum Gasteiger partial charge on any atom is -0.497 e. The van der Waals surface area contributed by atoms with Gasteiger partial charge in [0.2, 0.25) is 5.95 Å². The molecule has 3 aromatic heterocycles. The van der Waals surface area contributed by atoms with Crippen LogP contribution in [0.15, 0.2) is 59.0 Å². The molecule has 0 spiro atoms. The van der Waals surface area contributed by atoms with Crippen molar-refractivity contribution in [1.29, 1.82) is 5.26 Å². The average Bonchev–Trinajstić information content (AvgIpc) is 2.98. The maximum atomic E-state index is 14.0. The number of aryl methyl sites for hydroxylation is 2. The predicted octanol–water partition coefficient (Wildman–Crippen LogP) is 3.93. The second-order valence-corrected chi connectivity index (χ2v) is 10.5. The molecule has 0 aliphatic heterocycles. The summed E-state index contributed by atoms with van der Waals surface area (Å²) >= 11 is 6.65. The lowest BCUT2D eigenvalue weighted by molar-refractivity contribution is -0.112. The minimum absolute atomic E-state index is 0.123. The number of fused-ring (bicyclic) bond motifs is 1. The van der Waals surface area contributed by atoms with E-state index in [1.54, 1.807) is 63.5 Å². The summed E-state index contributed by atoms with van der Waals surface area (Å²) in [6.07, 6.45) is 3.32. The number of hydrogen-bond donors (Lipinski definition) is 3. The van der Waals surface area contributed by atoms with Crippen molar-refractivity contribution in [3.05, 3.63) is 75.3 Å². The zero-order valence-electron chi connectivity index (χ0n) is 24.4. The summed E-state index contributed by atoms with van der Waals surface area (Å²) in [6, 6.07) is 12.0. The topological polar surface area (TPSA) is 170 Å². The van der Waals surface area contributed by atoms with Gasteiger partial charge in [-0.15, -0.1) is 0 Å². The number of benzene rings is 1. The molecule has 43 heavy (non-hydrogen) atoms. The number of nitriles is 1. The molecule has 4 N–H and O–H groups in total. The zero-order valence-corrected chi connectivity index (χ0v) is 25.1. The maximum absolute atomic E-state index is 14.0. The summed E-state index contributed by atoms with van der Waals surface area (Å²) in [5.41, 5.74) is 6.36. The van der Waals surface area contributed by atoms with Crippen LogP contribution in [0.5, 0.6) is 11.5 Å². The Balaban J connectivity index is 1.73. The fourth-order valence-corrected chi connectivity index (χ4v) is 4.62. The molecule has 12 nitrogen and oxygen atoms in total. The normalized spacial score (nSPS) is 11.6. The standard InChI is InChI=1S/C30H31ClN8O4/c1-30(2,33)14-18(15-32)27(40)37-24-8-6-7-19(36-24)9-10-39-26-17(16-35-29(34-3)38-26)11-22(28(39)41)21-12-20(42-4)13-23(43-5)25(21)31/h6-8,11-14,16H,9-10,33H2,1-5H3,(H,34,35,38)(H,36,37,40)/b18-14+. The highest BCUT2D eigenvalue weighted by Gasteiger charge is 2.20. The zero-order chi connectivity index (χ0) is 31.3. The largest absolute Gasteiger partial charge is 0.497 e. The molecule has 0 saturated carbocycles. The Kier molecular flexibility index (Phi) is 9.28. The number of carbonyl (C=O) groups is 1. The molecule has 3 heterocycles. The molecular weight excluding hydrogens is 572 g/mol. The Morgan fingerprint density at radius 1 is 1.19 bits per heavy atom. The first-order valence-electron chi connectivity index (χ1n) is 13.2. The van der Waals surface area contributed by atoms with Crippen LogP contribution in [0.1, 0.15) is 19.5 Å². The van der Waals surface area contributed by atoms with Gasteiger partial charge in [-0.25, -0.2) is 9.97 Å². The summed E-state index contributed by atoms with van der Waals surface area (Å²) < 4.78 is 12.3. The number of anilines is 2. The van der Waals surface area contributed by atoms with E-state index in [1.807, 2.05) is 6.07 Å². The Bertz CT molecular complexity index is 1820. The van der Waals surface area contributed by atoms with Crippen LogP contribution >= 0.6 is 11.6 Å². The van der Waals surface area contributed by atoms with Gasteiger partial charge in [0.15, 0.2) is 0 Å². The van der Waals surface area contributed by atoms with Gasteiger partial charge in [0.25, 0.3) is 11.5 Å². The van der Waals surface area contributed by atoms with Gasteiger partial charge in [-0.1, -0.05) is 17.7 Å². The number of hydrogen-bond acceptors (Lipinski definition) is 10. The van der Waals surface area contributed by atoms with Crippen molar-refractivity contribution in [1.82, 2.24) is 19.5 Å². The Hall–Kier alpha value is -4.99. The smallest absolute Gasteiger partial charge is 0.267 e. The maximum Gasteiger partial charge on any atom is 0.267 e. The van der Waals surface area contributed by atoms with Gasteiger partial charge in [-0.2, -0.15) is 10.2 Å². The van der Waals surface area contributed by atoms with Crippen molar-refractivity contribution in [2.75, 3.05) is 31.9 Å². The highest BCUT2D eigenvalue weighted by Crippen LogP contribution is 2.38. The molecule has 1 amide bonds. The molecule has 0 aliphatic carbocycles. The lowest BCUT2D eigenvalue weighted by Crippen LogP contribution is -2.30. The molecular formula is C30H31ClN8O4. The number of amides is 1. The van der Waals surface area contributed by atoms with Crippen LogP contribution in [0.4, 0.5) is 11.8 Å². The van der Waals surface area contributed by atoms with E-state index >= 15 is 0 Å². The number of nitrogens with two attached hydrogens (primary N) is 1. The molecule has 0 radical (unpaired) electrons. The summed E-state index contributed by atoms with van der Waals surface area (Å²) in [5.74, 6) is 0.800. The van der Waals surface area contributed by atoms with Crippen LogP contribution in [-0.4, -0.2) is 52.2 Å². The van der Waals surface area contributed by atoms with Gasteiger partial charge in [0.05, 0.1) is 19.2 Å². The van der Waals surface area contributed by atoms with Crippen LogP contribution < -0.4 is 31.4 Å². The molecule has 4 rings (SSSR count). The molecule has 0 bridgehead atoms. The molecule has 1 aromatic carbocycles. The van der Waals surface area contributed by atoms with Gasteiger partial charge in [-0.3, -0.25) is 14.2 Å². The van der Waals surface area contributed by atoms with E-state index in [0.29, 0.717) is 51.7 Å². The summed E-state index contributed by atoms with van der Waals surface area (Å²) in [5, 5.41) is 15.8. The van der Waals surface area contributed by atoms with Gasteiger partial charge < -0.3 is 25.8 Å². The number of methoxy groups -OCH3 is 2. The number of rotatable bonds is 10. The minimum atomic E-state index is -0.848. The number of pyridine rings is 2. The van der Waals surface area contributed by atoms with Crippen molar-refractivity contribution in [3.8, 4) is 28.7 Å². The van der Waals surface area contributed by atoms with Gasteiger partial charge in [0, 0.05) is 60.0 Å². The molecule has 0 unspecified atom stereocenters. The van der Waals surface area contributed by atoms with E-state index in [0.717, 1.165) is 0 Å². The Morgan fingerprint density at radius 2 is 1.95 bits per heavy atom. The molecule has 0 saturated heterocycles. The van der Waals surface area contributed by atoms with Crippen molar-refractivity contribution < 1.29 is 14.3 Å². The van der Waals surface area contributed by atoms with Gasteiger partial charge in [-0.05, 0) is 44.2 Å². The quantitative estimate of drug-likeness (QED) is 0.178. The first-order valence-corrected chi connectivity index (χ1v) is 13.5. The monoisotopic (exact) mass is 602 g/mol. The number of nitrogens with zero attached hydrogens (tertiary/aromatic N) is 5. The Morgan fingerprint density at radius 3 is 2.60 bits per heavy atom. The molecule has 4 aromatic rings. The Labute approximate surface area is 253 Å².